The molecular weight excluding hydrogens is 522 g/mol. The minimum atomic E-state index is -3.84. The molecule has 0 saturated carbocycles. The molecule has 2 amide bonds. The Morgan fingerprint density at radius 1 is 0.921 bits per heavy atom. The topological polar surface area (TPSA) is 86.8 Å². The number of hydrogen-bond donors (Lipinski definition) is 1. The molecule has 3 aromatic carbocycles. The predicted molar refractivity (Wildman–Crippen MR) is 153 cm³/mol. The fourth-order valence-corrected chi connectivity index (χ4v) is 5.10. The van der Waals surface area contributed by atoms with E-state index in [1.165, 1.54) is 11.0 Å². The van der Waals surface area contributed by atoms with Crippen LogP contribution in [0.5, 0.6) is 0 Å². The number of amides is 2. The van der Waals surface area contributed by atoms with Crippen molar-refractivity contribution in [2.45, 2.75) is 45.8 Å². The first-order chi connectivity index (χ1) is 17.9. The monoisotopic (exact) mass is 555 g/mol. The molecule has 9 heteroatoms. The standard InChI is InChI=1S/C29H34ClN3O4S/c1-21(2)31-29(35)27(17-23-9-6-5-7-10-23)32(19-24-15-13-22(3)14-16-24)28(34)20-33(38(4,36)37)26-12-8-11-25(30)18-26/h5-16,18,21,27H,17,19-20H2,1-4H3,(H,31,35). The number of nitrogens with zero attached hydrogens (tertiary/aromatic N) is 2. The number of hydrogen-bond acceptors (Lipinski definition) is 4. The van der Waals surface area contributed by atoms with Gasteiger partial charge in [0.25, 0.3) is 0 Å². The predicted octanol–water partition coefficient (Wildman–Crippen LogP) is 4.58. The molecule has 38 heavy (non-hydrogen) atoms. The summed E-state index contributed by atoms with van der Waals surface area (Å²) in [6, 6.07) is 22.4. The molecule has 0 fully saturated rings. The lowest BCUT2D eigenvalue weighted by molar-refractivity contribution is -0.140. The van der Waals surface area contributed by atoms with Crippen LogP contribution in [0, 0.1) is 6.92 Å². The second-order valence-electron chi connectivity index (χ2n) is 9.63. The lowest BCUT2D eigenvalue weighted by atomic mass is 10.0. The highest BCUT2D eigenvalue weighted by Crippen LogP contribution is 2.23. The van der Waals surface area contributed by atoms with Gasteiger partial charge in [0, 0.05) is 24.0 Å². The van der Waals surface area contributed by atoms with Crippen LogP contribution in [0.25, 0.3) is 0 Å². The molecule has 0 aliphatic heterocycles. The summed E-state index contributed by atoms with van der Waals surface area (Å²) in [7, 11) is -3.84. The third-order valence-electron chi connectivity index (χ3n) is 5.95. The summed E-state index contributed by atoms with van der Waals surface area (Å²) in [5.41, 5.74) is 3.05. The average molecular weight is 556 g/mol. The first-order valence-corrected chi connectivity index (χ1v) is 14.6. The number of sulfonamides is 1. The molecule has 0 aliphatic rings. The average Bonchev–Trinajstić information content (AvgIpc) is 2.85. The summed E-state index contributed by atoms with van der Waals surface area (Å²) >= 11 is 6.12. The van der Waals surface area contributed by atoms with Gasteiger partial charge in [0.15, 0.2) is 0 Å². The van der Waals surface area contributed by atoms with Crippen LogP contribution in [0.15, 0.2) is 78.9 Å². The molecule has 202 valence electrons. The van der Waals surface area contributed by atoms with Crippen LogP contribution >= 0.6 is 11.6 Å². The van der Waals surface area contributed by atoms with Crippen LogP contribution in [-0.4, -0.2) is 50.0 Å². The van der Waals surface area contributed by atoms with Crippen molar-refractivity contribution >= 4 is 39.1 Å². The van der Waals surface area contributed by atoms with Gasteiger partial charge in [-0.25, -0.2) is 8.42 Å². The molecule has 0 radical (unpaired) electrons. The lowest BCUT2D eigenvalue weighted by Crippen LogP contribution is -2.54. The Morgan fingerprint density at radius 3 is 2.16 bits per heavy atom. The molecule has 0 spiro atoms. The quantitative estimate of drug-likeness (QED) is 0.375. The molecule has 3 aromatic rings. The highest BCUT2D eigenvalue weighted by atomic mass is 35.5. The second kappa shape index (κ2) is 12.9. The summed E-state index contributed by atoms with van der Waals surface area (Å²) < 4.78 is 26.6. The van der Waals surface area contributed by atoms with E-state index in [2.05, 4.69) is 5.32 Å². The number of aryl methyl sites for hydroxylation is 1. The maximum absolute atomic E-state index is 14.0. The normalized spacial score (nSPS) is 12.2. The van der Waals surface area contributed by atoms with Crippen LogP contribution < -0.4 is 9.62 Å². The van der Waals surface area contributed by atoms with Crippen LogP contribution in [0.3, 0.4) is 0 Å². The fourth-order valence-electron chi connectivity index (χ4n) is 4.07. The fraction of sp³-hybridized carbons (Fsp3) is 0.310. The number of halogens is 1. The van der Waals surface area contributed by atoms with Gasteiger partial charge in [-0.05, 0) is 50.1 Å². The largest absolute Gasteiger partial charge is 0.352 e. The van der Waals surface area contributed by atoms with Crippen LogP contribution in [0.1, 0.15) is 30.5 Å². The Balaban J connectivity index is 2.05. The zero-order valence-electron chi connectivity index (χ0n) is 22.1. The number of carbonyl (C=O) groups is 2. The molecule has 0 heterocycles. The highest BCUT2D eigenvalue weighted by molar-refractivity contribution is 7.92. The van der Waals surface area contributed by atoms with E-state index in [-0.39, 0.29) is 30.6 Å². The summed E-state index contributed by atoms with van der Waals surface area (Å²) in [5.74, 6) is -0.811. The van der Waals surface area contributed by atoms with E-state index in [0.29, 0.717) is 5.02 Å². The first-order valence-electron chi connectivity index (χ1n) is 12.4. The Morgan fingerprint density at radius 2 is 1.58 bits per heavy atom. The molecule has 0 aromatic heterocycles. The highest BCUT2D eigenvalue weighted by Gasteiger charge is 2.33. The molecule has 7 nitrogen and oxygen atoms in total. The zero-order chi connectivity index (χ0) is 27.9. The van der Waals surface area contributed by atoms with E-state index >= 15 is 0 Å². The Hall–Kier alpha value is -3.36. The van der Waals surface area contributed by atoms with Crippen molar-refractivity contribution in [2.24, 2.45) is 0 Å². The molecule has 3 rings (SSSR count). The van der Waals surface area contributed by atoms with Gasteiger partial charge in [0.1, 0.15) is 12.6 Å². The molecule has 0 saturated heterocycles. The summed E-state index contributed by atoms with van der Waals surface area (Å²) in [6.45, 7) is 5.33. The van der Waals surface area contributed by atoms with Crippen molar-refractivity contribution in [3.05, 3.63) is 101 Å². The van der Waals surface area contributed by atoms with Crippen molar-refractivity contribution in [3.63, 3.8) is 0 Å². The second-order valence-corrected chi connectivity index (χ2v) is 12.0. The molecule has 1 N–H and O–H groups in total. The van der Waals surface area contributed by atoms with Crippen LogP contribution in [-0.2, 0) is 32.6 Å². The Labute approximate surface area is 230 Å². The smallest absolute Gasteiger partial charge is 0.244 e. The third kappa shape index (κ3) is 8.33. The summed E-state index contributed by atoms with van der Waals surface area (Å²) in [4.78, 5) is 28.9. The van der Waals surface area contributed by atoms with Crippen molar-refractivity contribution < 1.29 is 18.0 Å². The zero-order valence-corrected chi connectivity index (χ0v) is 23.7. The van der Waals surface area contributed by atoms with E-state index < -0.39 is 28.5 Å². The molecule has 0 bridgehead atoms. The van der Waals surface area contributed by atoms with Gasteiger partial charge in [-0.3, -0.25) is 13.9 Å². The van der Waals surface area contributed by atoms with E-state index in [9.17, 15) is 18.0 Å². The third-order valence-corrected chi connectivity index (χ3v) is 7.33. The van der Waals surface area contributed by atoms with Crippen LogP contribution in [0.2, 0.25) is 5.02 Å². The lowest BCUT2D eigenvalue weighted by Gasteiger charge is -2.34. The summed E-state index contributed by atoms with van der Waals surface area (Å²) in [5, 5.41) is 3.28. The minimum absolute atomic E-state index is 0.134. The van der Waals surface area contributed by atoms with E-state index in [4.69, 9.17) is 11.6 Å². The van der Waals surface area contributed by atoms with Crippen molar-refractivity contribution in [1.29, 1.82) is 0 Å². The number of anilines is 1. The van der Waals surface area contributed by atoms with Crippen molar-refractivity contribution in [2.75, 3.05) is 17.1 Å². The molecule has 0 aliphatic carbocycles. The Bertz CT molecular complexity index is 1350. The van der Waals surface area contributed by atoms with Gasteiger partial charge in [0.2, 0.25) is 21.8 Å². The van der Waals surface area contributed by atoms with E-state index in [1.54, 1.807) is 18.2 Å². The van der Waals surface area contributed by atoms with Gasteiger partial charge >= 0.3 is 0 Å². The number of nitrogens with one attached hydrogen (secondary N) is 1. The summed E-state index contributed by atoms with van der Waals surface area (Å²) in [6.07, 6.45) is 1.31. The van der Waals surface area contributed by atoms with Crippen LogP contribution in [0.4, 0.5) is 5.69 Å². The Kier molecular flexibility index (Phi) is 9.94. The maximum atomic E-state index is 14.0. The molecule has 1 unspecified atom stereocenters. The minimum Gasteiger partial charge on any atom is -0.352 e. The van der Waals surface area contributed by atoms with Gasteiger partial charge < -0.3 is 10.2 Å². The van der Waals surface area contributed by atoms with Gasteiger partial charge in [-0.2, -0.15) is 0 Å². The van der Waals surface area contributed by atoms with Gasteiger partial charge in [-0.15, -0.1) is 0 Å². The van der Waals surface area contributed by atoms with Crippen molar-refractivity contribution in [3.8, 4) is 0 Å². The maximum Gasteiger partial charge on any atom is 0.244 e. The molecular formula is C29H34ClN3O4S. The SMILES string of the molecule is Cc1ccc(CN(C(=O)CN(c2cccc(Cl)c2)S(C)(=O)=O)C(Cc2ccccc2)C(=O)NC(C)C)cc1. The first kappa shape index (κ1) is 29.2. The number of rotatable bonds is 11. The van der Waals surface area contributed by atoms with E-state index in [0.717, 1.165) is 27.3 Å². The number of benzene rings is 3. The van der Waals surface area contributed by atoms with Crippen molar-refractivity contribution in [1.82, 2.24) is 10.2 Å². The van der Waals surface area contributed by atoms with Gasteiger partial charge in [0.05, 0.1) is 11.9 Å². The molecule has 1 atom stereocenters. The number of carbonyl (C=O) groups excluding carboxylic acids is 2. The van der Waals surface area contributed by atoms with E-state index in [1.807, 2.05) is 75.4 Å². The van der Waals surface area contributed by atoms with Gasteiger partial charge in [-0.1, -0.05) is 77.8 Å².